The molecule has 26 heavy (non-hydrogen) atoms. The van der Waals surface area contributed by atoms with E-state index in [1.54, 1.807) is 0 Å². The van der Waals surface area contributed by atoms with E-state index in [4.69, 9.17) is 0 Å². The van der Waals surface area contributed by atoms with E-state index in [1.807, 2.05) is 19.1 Å². The maximum atomic E-state index is 11.9. The first-order valence-corrected chi connectivity index (χ1v) is 9.68. The lowest BCUT2D eigenvalue weighted by Gasteiger charge is -2.23. The molecule has 0 atom stereocenters. The molecule has 0 amide bonds. The monoisotopic (exact) mass is 354 g/mol. The summed E-state index contributed by atoms with van der Waals surface area (Å²) < 4.78 is 2.16. The van der Waals surface area contributed by atoms with Gasteiger partial charge in [-0.3, -0.25) is 0 Å². The van der Waals surface area contributed by atoms with Gasteiger partial charge in [0.1, 0.15) is 0 Å². The molecule has 1 aliphatic carbocycles. The summed E-state index contributed by atoms with van der Waals surface area (Å²) in [5.41, 5.74) is 5.79. The van der Waals surface area contributed by atoms with Gasteiger partial charge in [-0.15, -0.1) is 0 Å². The van der Waals surface area contributed by atoms with Gasteiger partial charge in [0.05, 0.1) is 5.56 Å². The van der Waals surface area contributed by atoms with Crippen molar-refractivity contribution in [1.82, 2.24) is 9.88 Å². The summed E-state index contributed by atoms with van der Waals surface area (Å²) in [4.78, 5) is 11.9. The summed E-state index contributed by atoms with van der Waals surface area (Å²) >= 11 is 0. The minimum atomic E-state index is -0.824. The van der Waals surface area contributed by atoms with E-state index < -0.39 is 5.97 Å². The average Bonchev–Trinajstić information content (AvgIpc) is 2.87. The Bertz CT molecular complexity index is 786. The van der Waals surface area contributed by atoms with E-state index in [0.717, 1.165) is 17.0 Å². The van der Waals surface area contributed by atoms with E-state index in [2.05, 4.69) is 35.9 Å². The Kier molecular flexibility index (Phi) is 5.82. The van der Waals surface area contributed by atoms with E-state index in [9.17, 15) is 9.90 Å². The summed E-state index contributed by atoms with van der Waals surface area (Å²) in [7, 11) is 0. The number of aromatic carboxylic acids is 1. The van der Waals surface area contributed by atoms with Crippen LogP contribution in [0, 0.1) is 20.8 Å². The highest BCUT2D eigenvalue weighted by Crippen LogP contribution is 2.25. The van der Waals surface area contributed by atoms with Crippen LogP contribution in [0.3, 0.4) is 0 Å². The van der Waals surface area contributed by atoms with E-state index >= 15 is 0 Å². The fourth-order valence-corrected chi connectivity index (χ4v) is 4.20. The van der Waals surface area contributed by atoms with Gasteiger partial charge in [-0.05, 0) is 44.7 Å². The molecule has 4 nitrogen and oxygen atoms in total. The van der Waals surface area contributed by atoms with E-state index in [0.29, 0.717) is 24.7 Å². The van der Waals surface area contributed by atoms with Gasteiger partial charge in [-0.2, -0.15) is 0 Å². The van der Waals surface area contributed by atoms with Crippen LogP contribution in [0.4, 0.5) is 0 Å². The Morgan fingerprint density at radius 3 is 2.46 bits per heavy atom. The number of carbonyl (C=O) groups is 1. The number of hydrogen-bond acceptors (Lipinski definition) is 2. The molecule has 1 heterocycles. The molecule has 1 aromatic carbocycles. The summed E-state index contributed by atoms with van der Waals surface area (Å²) in [6, 6.07) is 8.82. The number of hydrogen-bond donors (Lipinski definition) is 2. The maximum Gasteiger partial charge on any atom is 0.337 e. The van der Waals surface area contributed by atoms with Crippen molar-refractivity contribution in [3.05, 3.63) is 57.9 Å². The molecule has 2 N–H and O–H groups in total. The van der Waals surface area contributed by atoms with Crippen molar-refractivity contribution in [3.8, 4) is 0 Å². The molecule has 1 aromatic heterocycles. The molecular weight excluding hydrogens is 324 g/mol. The molecule has 4 heteroatoms. The van der Waals surface area contributed by atoms with Crippen LogP contribution in [0.25, 0.3) is 0 Å². The predicted octanol–water partition coefficient (Wildman–Crippen LogP) is 4.58. The largest absolute Gasteiger partial charge is 0.478 e. The highest BCUT2D eigenvalue weighted by Gasteiger charge is 2.23. The highest BCUT2D eigenvalue weighted by atomic mass is 16.4. The zero-order chi connectivity index (χ0) is 18.7. The first kappa shape index (κ1) is 18.7. The third-order valence-electron chi connectivity index (χ3n) is 5.89. The van der Waals surface area contributed by atoms with Gasteiger partial charge < -0.3 is 15.0 Å². The molecule has 0 aliphatic heterocycles. The molecular formula is C22H30N2O2. The van der Waals surface area contributed by atoms with Crippen LogP contribution in [0.2, 0.25) is 0 Å². The smallest absolute Gasteiger partial charge is 0.337 e. The summed E-state index contributed by atoms with van der Waals surface area (Å²) in [5, 5.41) is 13.4. The van der Waals surface area contributed by atoms with Crippen LogP contribution in [0.1, 0.15) is 70.5 Å². The van der Waals surface area contributed by atoms with Crippen molar-refractivity contribution < 1.29 is 9.90 Å². The SMILES string of the molecule is Cc1ccccc1Cn1c(C)c(CNC2CCCCC2)c(C(=O)O)c1C. The van der Waals surface area contributed by atoms with Gasteiger partial charge in [0.2, 0.25) is 0 Å². The van der Waals surface area contributed by atoms with Crippen LogP contribution in [0.5, 0.6) is 0 Å². The molecule has 140 valence electrons. The zero-order valence-electron chi connectivity index (χ0n) is 16.1. The van der Waals surface area contributed by atoms with Crippen molar-refractivity contribution in [3.63, 3.8) is 0 Å². The maximum absolute atomic E-state index is 11.9. The number of carboxylic acids is 1. The van der Waals surface area contributed by atoms with Gasteiger partial charge >= 0.3 is 5.97 Å². The van der Waals surface area contributed by atoms with Crippen molar-refractivity contribution in [2.75, 3.05) is 0 Å². The molecule has 0 saturated heterocycles. The minimum Gasteiger partial charge on any atom is -0.478 e. The molecule has 0 radical (unpaired) electrons. The van der Waals surface area contributed by atoms with Crippen molar-refractivity contribution >= 4 is 5.97 Å². The van der Waals surface area contributed by atoms with Crippen LogP contribution in [0.15, 0.2) is 24.3 Å². The fourth-order valence-electron chi connectivity index (χ4n) is 4.20. The second-order valence-corrected chi connectivity index (χ2v) is 7.56. The van der Waals surface area contributed by atoms with Crippen LogP contribution < -0.4 is 5.32 Å². The summed E-state index contributed by atoms with van der Waals surface area (Å²) in [6.45, 7) is 7.44. The Balaban J connectivity index is 1.88. The molecule has 1 fully saturated rings. The quantitative estimate of drug-likeness (QED) is 0.798. The van der Waals surface area contributed by atoms with Gasteiger partial charge in [0, 0.05) is 36.1 Å². The fraction of sp³-hybridized carbons (Fsp3) is 0.500. The Hall–Kier alpha value is -2.07. The van der Waals surface area contributed by atoms with Crippen LogP contribution in [-0.2, 0) is 13.1 Å². The first-order chi connectivity index (χ1) is 12.5. The minimum absolute atomic E-state index is 0.472. The number of rotatable bonds is 6. The Labute approximate surface area is 156 Å². The lowest BCUT2D eigenvalue weighted by molar-refractivity contribution is 0.0694. The number of nitrogens with one attached hydrogen (secondary N) is 1. The summed E-state index contributed by atoms with van der Waals surface area (Å²) in [5.74, 6) is -0.824. The lowest BCUT2D eigenvalue weighted by Crippen LogP contribution is -2.31. The first-order valence-electron chi connectivity index (χ1n) is 9.68. The van der Waals surface area contributed by atoms with Gasteiger partial charge in [0.25, 0.3) is 0 Å². The number of nitrogens with zero attached hydrogens (tertiary/aromatic N) is 1. The number of aromatic nitrogens is 1. The second-order valence-electron chi connectivity index (χ2n) is 7.56. The lowest BCUT2D eigenvalue weighted by atomic mass is 9.95. The normalized spacial score (nSPS) is 15.3. The highest BCUT2D eigenvalue weighted by molar-refractivity contribution is 5.91. The van der Waals surface area contributed by atoms with Crippen molar-refractivity contribution in [2.24, 2.45) is 0 Å². The van der Waals surface area contributed by atoms with Crippen LogP contribution >= 0.6 is 0 Å². The molecule has 2 aromatic rings. The Morgan fingerprint density at radius 2 is 1.81 bits per heavy atom. The van der Waals surface area contributed by atoms with E-state index in [-0.39, 0.29) is 0 Å². The number of aryl methyl sites for hydroxylation is 1. The zero-order valence-corrected chi connectivity index (χ0v) is 16.1. The van der Waals surface area contributed by atoms with Gasteiger partial charge in [-0.1, -0.05) is 43.5 Å². The van der Waals surface area contributed by atoms with Crippen molar-refractivity contribution in [2.45, 2.75) is 72.0 Å². The Morgan fingerprint density at radius 1 is 1.12 bits per heavy atom. The molecule has 0 bridgehead atoms. The molecule has 0 unspecified atom stereocenters. The van der Waals surface area contributed by atoms with Crippen molar-refractivity contribution in [1.29, 1.82) is 0 Å². The average molecular weight is 354 g/mol. The molecule has 1 saturated carbocycles. The third-order valence-corrected chi connectivity index (χ3v) is 5.89. The van der Waals surface area contributed by atoms with E-state index in [1.165, 1.54) is 43.2 Å². The summed E-state index contributed by atoms with van der Waals surface area (Å²) in [6.07, 6.45) is 6.27. The van der Waals surface area contributed by atoms with Gasteiger partial charge in [0.15, 0.2) is 0 Å². The number of benzene rings is 1. The second kappa shape index (κ2) is 8.09. The molecule has 1 aliphatic rings. The predicted molar refractivity (Wildman–Crippen MR) is 105 cm³/mol. The molecule has 3 rings (SSSR count). The topological polar surface area (TPSA) is 54.3 Å². The standard InChI is InChI=1S/C22H30N2O2/c1-15-9-7-8-10-18(15)14-24-16(2)20(21(17(24)3)22(25)26)13-23-19-11-5-4-6-12-19/h7-10,19,23H,4-6,11-14H2,1-3H3,(H,25,26). The van der Waals surface area contributed by atoms with Crippen LogP contribution in [-0.4, -0.2) is 21.7 Å². The molecule has 0 spiro atoms. The van der Waals surface area contributed by atoms with Gasteiger partial charge in [-0.25, -0.2) is 4.79 Å². The number of carboxylic acid groups (broad SMARTS) is 1. The third kappa shape index (κ3) is 3.85.